The largest absolute Gasteiger partial charge is 0.387 e. The van der Waals surface area contributed by atoms with Gasteiger partial charge in [0.2, 0.25) is 0 Å². The Hall–Kier alpha value is -3.10. The Balaban J connectivity index is 1.60. The Labute approximate surface area is 165 Å². The van der Waals surface area contributed by atoms with Gasteiger partial charge in [-0.3, -0.25) is 14.9 Å². The number of carbonyl (C=O) groups is 1. The van der Waals surface area contributed by atoms with E-state index in [1.165, 1.54) is 41.2 Å². The number of rotatable bonds is 7. The molecule has 144 valence electrons. The quantitative estimate of drug-likeness (QED) is 0.467. The first-order valence-electron chi connectivity index (χ1n) is 8.73. The molecule has 0 aliphatic rings. The molecule has 1 atom stereocenters. The van der Waals surface area contributed by atoms with E-state index in [9.17, 15) is 20.0 Å². The second kappa shape index (κ2) is 8.73. The summed E-state index contributed by atoms with van der Waals surface area (Å²) < 4.78 is 0. The topological polar surface area (TPSA) is 105 Å². The van der Waals surface area contributed by atoms with Crippen LogP contribution in [0.15, 0.2) is 53.9 Å². The molecule has 0 radical (unpaired) electrons. The van der Waals surface area contributed by atoms with Crippen molar-refractivity contribution in [3.63, 3.8) is 0 Å². The normalized spacial score (nSPS) is 11.8. The van der Waals surface area contributed by atoms with Crippen molar-refractivity contribution in [2.45, 2.75) is 19.4 Å². The summed E-state index contributed by atoms with van der Waals surface area (Å²) in [6.45, 7) is 2.07. The zero-order chi connectivity index (χ0) is 20.1. The molecule has 0 spiro atoms. The molecular weight excluding hydrogens is 378 g/mol. The van der Waals surface area contributed by atoms with E-state index in [4.69, 9.17) is 0 Å². The van der Waals surface area contributed by atoms with Crippen LogP contribution in [0.4, 0.5) is 5.69 Å². The Bertz CT molecular complexity index is 968. The summed E-state index contributed by atoms with van der Waals surface area (Å²) in [5, 5.41) is 25.9. The summed E-state index contributed by atoms with van der Waals surface area (Å²) in [5.74, 6) is -0.381. The van der Waals surface area contributed by atoms with Crippen molar-refractivity contribution in [3.8, 4) is 10.6 Å². The van der Waals surface area contributed by atoms with Gasteiger partial charge < -0.3 is 10.4 Å². The Morgan fingerprint density at radius 3 is 2.50 bits per heavy atom. The number of thiazole rings is 1. The molecule has 3 rings (SSSR count). The van der Waals surface area contributed by atoms with Gasteiger partial charge in [0.1, 0.15) is 10.7 Å². The first-order valence-corrected chi connectivity index (χ1v) is 9.61. The fourth-order valence-corrected chi connectivity index (χ4v) is 3.42. The van der Waals surface area contributed by atoms with Gasteiger partial charge in [-0.15, -0.1) is 11.3 Å². The monoisotopic (exact) mass is 397 g/mol. The van der Waals surface area contributed by atoms with Gasteiger partial charge in [0.05, 0.1) is 11.0 Å². The number of aliphatic hydroxyl groups excluding tert-OH is 1. The third kappa shape index (κ3) is 4.59. The molecule has 1 amide bonds. The molecule has 2 aromatic carbocycles. The molecule has 28 heavy (non-hydrogen) atoms. The molecule has 0 bridgehead atoms. The number of benzene rings is 2. The highest BCUT2D eigenvalue weighted by atomic mass is 32.1. The van der Waals surface area contributed by atoms with Gasteiger partial charge in [0.25, 0.3) is 11.6 Å². The fourth-order valence-electron chi connectivity index (χ4n) is 2.61. The first-order chi connectivity index (χ1) is 13.5. The number of nitrogens with zero attached hydrogens (tertiary/aromatic N) is 2. The molecule has 0 unspecified atom stereocenters. The number of hydrogen-bond donors (Lipinski definition) is 2. The number of nitro benzene ring substituents is 1. The lowest BCUT2D eigenvalue weighted by Gasteiger charge is -2.11. The average molecular weight is 397 g/mol. The van der Waals surface area contributed by atoms with E-state index in [0.29, 0.717) is 5.56 Å². The van der Waals surface area contributed by atoms with Gasteiger partial charge in [-0.25, -0.2) is 4.98 Å². The minimum absolute atomic E-state index is 0.0191. The summed E-state index contributed by atoms with van der Waals surface area (Å²) in [6, 6.07) is 13.6. The van der Waals surface area contributed by atoms with Crippen molar-refractivity contribution >= 4 is 22.9 Å². The second-order valence-corrected chi connectivity index (χ2v) is 7.02. The van der Waals surface area contributed by atoms with E-state index in [2.05, 4.69) is 17.2 Å². The molecule has 0 saturated heterocycles. The molecule has 0 aliphatic heterocycles. The molecule has 8 heteroatoms. The summed E-state index contributed by atoms with van der Waals surface area (Å²) >= 11 is 1.38. The molecule has 1 aromatic heterocycles. The van der Waals surface area contributed by atoms with Crippen LogP contribution in [-0.2, 0) is 6.42 Å². The summed E-state index contributed by atoms with van der Waals surface area (Å²) in [7, 11) is 0. The van der Waals surface area contributed by atoms with E-state index in [-0.39, 0.29) is 23.8 Å². The number of amides is 1. The molecular formula is C20H19N3O4S. The van der Waals surface area contributed by atoms with Crippen LogP contribution in [0.2, 0.25) is 0 Å². The van der Waals surface area contributed by atoms with E-state index < -0.39 is 11.0 Å². The van der Waals surface area contributed by atoms with E-state index >= 15 is 0 Å². The first kappa shape index (κ1) is 19.7. The zero-order valence-corrected chi connectivity index (χ0v) is 16.0. The fraction of sp³-hybridized carbons (Fsp3) is 0.200. The maximum absolute atomic E-state index is 12.3. The van der Waals surface area contributed by atoms with Crippen molar-refractivity contribution in [2.75, 3.05) is 6.54 Å². The number of aromatic nitrogens is 1. The lowest BCUT2D eigenvalue weighted by atomic mass is 10.1. The molecule has 0 aliphatic carbocycles. The third-order valence-corrected chi connectivity index (χ3v) is 5.18. The molecule has 3 aromatic rings. The predicted molar refractivity (Wildman–Crippen MR) is 107 cm³/mol. The van der Waals surface area contributed by atoms with Gasteiger partial charge in [0, 0.05) is 29.6 Å². The maximum atomic E-state index is 12.3. The van der Waals surface area contributed by atoms with Crippen molar-refractivity contribution in [1.82, 2.24) is 10.3 Å². The van der Waals surface area contributed by atoms with Crippen LogP contribution >= 0.6 is 11.3 Å². The minimum atomic E-state index is -0.968. The molecule has 1 heterocycles. The van der Waals surface area contributed by atoms with Gasteiger partial charge in [0.15, 0.2) is 0 Å². The minimum Gasteiger partial charge on any atom is -0.387 e. The van der Waals surface area contributed by atoms with Crippen LogP contribution in [0.3, 0.4) is 0 Å². The number of hydrogen-bond acceptors (Lipinski definition) is 6. The van der Waals surface area contributed by atoms with Crippen molar-refractivity contribution < 1.29 is 14.8 Å². The van der Waals surface area contributed by atoms with Crippen molar-refractivity contribution in [1.29, 1.82) is 0 Å². The number of nitrogens with one attached hydrogen (secondary N) is 1. The Morgan fingerprint density at radius 1 is 1.21 bits per heavy atom. The molecule has 7 nitrogen and oxygen atoms in total. The predicted octanol–water partition coefficient (Wildman–Crippen LogP) is 3.74. The van der Waals surface area contributed by atoms with E-state index in [1.807, 2.05) is 24.3 Å². The van der Waals surface area contributed by atoms with E-state index in [1.54, 1.807) is 5.38 Å². The number of carbonyl (C=O) groups excluding carboxylic acids is 1. The van der Waals surface area contributed by atoms with Crippen molar-refractivity contribution in [3.05, 3.63) is 80.8 Å². The number of non-ortho nitro benzene ring substituents is 1. The molecule has 0 fully saturated rings. The Kier molecular flexibility index (Phi) is 6.13. The number of aliphatic hydroxyl groups is 1. The van der Waals surface area contributed by atoms with Gasteiger partial charge in [-0.1, -0.05) is 31.2 Å². The van der Waals surface area contributed by atoms with Crippen molar-refractivity contribution in [2.24, 2.45) is 0 Å². The van der Waals surface area contributed by atoms with Gasteiger partial charge in [-0.2, -0.15) is 0 Å². The highest BCUT2D eigenvalue weighted by Crippen LogP contribution is 2.24. The van der Waals surface area contributed by atoms with Gasteiger partial charge >= 0.3 is 0 Å². The third-order valence-electron chi connectivity index (χ3n) is 4.29. The van der Waals surface area contributed by atoms with Crippen LogP contribution in [0, 0.1) is 10.1 Å². The molecule has 2 N–H and O–H groups in total. The Morgan fingerprint density at radius 2 is 1.89 bits per heavy atom. The average Bonchev–Trinajstić information content (AvgIpc) is 3.22. The van der Waals surface area contributed by atoms with Crippen LogP contribution in [0.1, 0.15) is 34.6 Å². The van der Waals surface area contributed by atoms with E-state index in [0.717, 1.165) is 17.0 Å². The standard InChI is InChI=1S/C20H19N3O4S/c1-2-13-3-5-15(6-4-13)20-22-17(12-28-20)19(25)21-11-18(24)14-7-9-16(10-8-14)23(26)27/h3-10,12,18,24H,2,11H2,1H3,(H,21,25)/t18-/m0/s1. The molecule has 0 saturated carbocycles. The zero-order valence-electron chi connectivity index (χ0n) is 15.2. The second-order valence-electron chi connectivity index (χ2n) is 6.16. The van der Waals surface area contributed by atoms with Crippen LogP contribution < -0.4 is 5.32 Å². The lowest BCUT2D eigenvalue weighted by Crippen LogP contribution is -2.28. The highest BCUT2D eigenvalue weighted by Gasteiger charge is 2.15. The smallest absolute Gasteiger partial charge is 0.270 e. The highest BCUT2D eigenvalue weighted by molar-refractivity contribution is 7.13. The SMILES string of the molecule is CCc1ccc(-c2nc(C(=O)NC[C@H](O)c3ccc([N+](=O)[O-])cc3)cs2)cc1. The maximum Gasteiger partial charge on any atom is 0.270 e. The lowest BCUT2D eigenvalue weighted by molar-refractivity contribution is -0.384. The van der Waals surface area contributed by atoms with Gasteiger partial charge in [-0.05, 0) is 29.7 Å². The summed E-state index contributed by atoms with van der Waals surface area (Å²) in [5.41, 5.74) is 2.91. The van der Waals surface area contributed by atoms with Crippen LogP contribution in [0.5, 0.6) is 0 Å². The van der Waals surface area contributed by atoms with Crippen LogP contribution in [-0.4, -0.2) is 27.5 Å². The number of aryl methyl sites for hydroxylation is 1. The van der Waals surface area contributed by atoms with Crippen LogP contribution in [0.25, 0.3) is 10.6 Å². The number of nitro groups is 1. The summed E-state index contributed by atoms with van der Waals surface area (Å²) in [4.78, 5) is 26.8. The summed E-state index contributed by atoms with van der Waals surface area (Å²) in [6.07, 6.45) is -0.00690.